The van der Waals surface area contributed by atoms with Crippen LogP contribution in [-0.4, -0.2) is 61.2 Å². The summed E-state index contributed by atoms with van der Waals surface area (Å²) in [4.78, 5) is 17.9. The third-order valence-corrected chi connectivity index (χ3v) is 7.50. The fourth-order valence-electron chi connectivity index (χ4n) is 5.60. The summed E-state index contributed by atoms with van der Waals surface area (Å²) in [5.74, 6) is 1.24. The van der Waals surface area contributed by atoms with Crippen molar-refractivity contribution in [2.24, 2.45) is 5.92 Å². The average molecular weight is 520 g/mol. The van der Waals surface area contributed by atoms with E-state index >= 15 is 0 Å². The highest BCUT2D eigenvalue weighted by molar-refractivity contribution is 6.35. The number of aromatic nitrogens is 2. The van der Waals surface area contributed by atoms with Crippen LogP contribution in [0.1, 0.15) is 42.7 Å². The molecule has 2 aromatic carbocycles. The second-order valence-corrected chi connectivity index (χ2v) is 10.8. The molecule has 0 saturated carbocycles. The maximum Gasteiger partial charge on any atom is 0.318 e. The number of piperidine rings is 1. The van der Waals surface area contributed by atoms with E-state index in [1.54, 1.807) is 0 Å². The fourth-order valence-corrected chi connectivity index (χ4v) is 5.89. The van der Waals surface area contributed by atoms with Gasteiger partial charge in [-0.2, -0.15) is 9.97 Å². The van der Waals surface area contributed by atoms with Crippen LogP contribution in [0.2, 0.25) is 5.02 Å². The maximum absolute atomic E-state index is 7.33. The molecule has 1 aromatic heterocycles. The van der Waals surface area contributed by atoms with Crippen LogP contribution in [0.25, 0.3) is 15.6 Å². The first-order valence-corrected chi connectivity index (χ1v) is 13.4. The van der Waals surface area contributed by atoms with Crippen LogP contribution in [0.15, 0.2) is 36.4 Å². The fraction of sp³-hybridized carbons (Fsp3) is 0.483. The lowest BCUT2D eigenvalue weighted by atomic mass is 9.94. The van der Waals surface area contributed by atoms with E-state index in [1.165, 1.54) is 0 Å². The largest absolute Gasteiger partial charge is 0.459 e. The van der Waals surface area contributed by atoms with Gasteiger partial charge in [-0.25, -0.2) is 6.57 Å². The van der Waals surface area contributed by atoms with Gasteiger partial charge in [0.15, 0.2) is 0 Å². The standard InChI is InChI=1S/C29H34ClN5O2/c1-19(16-34(3)4)37-29-32-25-14-26(22-11-5-9-21-10-6-12-24(30)27(21)22)36-18-23(25)28(33-29)35-13-7-8-20(17-35)15-31-2/h5-6,9-12,19-20,26H,7-8,13-18H2,1,3-4H3/t19?,20-,26-/m0/s1. The number of ether oxygens (including phenoxy) is 2. The number of likely N-dealkylation sites (N-methyl/N-ethyl adjacent to an activating group) is 1. The monoisotopic (exact) mass is 519 g/mol. The van der Waals surface area contributed by atoms with Crippen LogP contribution in [0, 0.1) is 12.5 Å². The Bertz CT molecular complexity index is 1300. The minimum absolute atomic E-state index is 0.0513. The second-order valence-electron chi connectivity index (χ2n) is 10.4. The summed E-state index contributed by atoms with van der Waals surface area (Å²) in [7, 11) is 4.06. The first kappa shape index (κ1) is 25.7. The van der Waals surface area contributed by atoms with Gasteiger partial charge in [-0.3, -0.25) is 0 Å². The Morgan fingerprint density at radius 2 is 2.05 bits per heavy atom. The molecule has 7 nitrogen and oxygen atoms in total. The van der Waals surface area contributed by atoms with Gasteiger partial charge in [0.05, 0.1) is 18.4 Å². The number of halogens is 1. The van der Waals surface area contributed by atoms with E-state index < -0.39 is 0 Å². The maximum atomic E-state index is 7.33. The third kappa shape index (κ3) is 5.67. The van der Waals surface area contributed by atoms with Crippen molar-refractivity contribution in [2.75, 3.05) is 45.2 Å². The lowest BCUT2D eigenvalue weighted by Crippen LogP contribution is -2.38. The van der Waals surface area contributed by atoms with Gasteiger partial charge >= 0.3 is 6.01 Å². The van der Waals surface area contributed by atoms with Crippen molar-refractivity contribution < 1.29 is 9.47 Å². The van der Waals surface area contributed by atoms with Crippen LogP contribution in [-0.2, 0) is 17.8 Å². The number of fused-ring (bicyclic) bond motifs is 2. The molecule has 0 amide bonds. The Hall–Kier alpha value is -2.92. The molecule has 37 heavy (non-hydrogen) atoms. The van der Waals surface area contributed by atoms with Gasteiger partial charge in [0.2, 0.25) is 6.54 Å². The summed E-state index contributed by atoms with van der Waals surface area (Å²) >= 11 is 6.64. The normalized spacial score (nSPS) is 20.5. The molecule has 1 unspecified atom stereocenters. The molecule has 1 saturated heterocycles. The molecule has 3 aromatic rings. The molecule has 8 heteroatoms. The summed E-state index contributed by atoms with van der Waals surface area (Å²) in [5.41, 5.74) is 3.07. The second kappa shape index (κ2) is 11.2. The van der Waals surface area contributed by atoms with Gasteiger partial charge in [0.25, 0.3) is 0 Å². The molecule has 0 spiro atoms. The molecular weight excluding hydrogens is 486 g/mol. The molecule has 2 aliphatic rings. The van der Waals surface area contributed by atoms with E-state index in [0.29, 0.717) is 31.5 Å². The number of rotatable bonds is 7. The van der Waals surface area contributed by atoms with Crippen molar-refractivity contribution >= 4 is 28.2 Å². The van der Waals surface area contributed by atoms with Crippen LogP contribution >= 0.6 is 11.6 Å². The van der Waals surface area contributed by atoms with Crippen molar-refractivity contribution in [3.8, 4) is 6.01 Å². The summed E-state index contributed by atoms with van der Waals surface area (Å²) in [6, 6.07) is 12.6. The predicted octanol–water partition coefficient (Wildman–Crippen LogP) is 5.56. The van der Waals surface area contributed by atoms with E-state index in [-0.39, 0.29) is 12.2 Å². The van der Waals surface area contributed by atoms with Gasteiger partial charge in [0, 0.05) is 47.9 Å². The van der Waals surface area contributed by atoms with Gasteiger partial charge in [-0.15, -0.1) is 0 Å². The molecule has 0 N–H and O–H groups in total. The number of benzene rings is 2. The minimum Gasteiger partial charge on any atom is -0.459 e. The van der Waals surface area contributed by atoms with Crippen molar-refractivity contribution in [1.82, 2.24) is 14.9 Å². The lowest BCUT2D eigenvalue weighted by Gasteiger charge is -2.35. The SMILES string of the molecule is [C-]#[N+]C[C@@H]1CCCN(c2nc(OC(C)CN(C)C)nc3c2CO[C@H](c2cccc4cccc(Cl)c24)C3)C1. The number of hydrogen-bond donors (Lipinski definition) is 0. The Labute approximate surface area is 224 Å². The highest BCUT2D eigenvalue weighted by atomic mass is 35.5. The van der Waals surface area contributed by atoms with Crippen molar-refractivity contribution in [2.45, 2.75) is 45.0 Å². The Morgan fingerprint density at radius 1 is 1.24 bits per heavy atom. The number of anilines is 1. The lowest BCUT2D eigenvalue weighted by molar-refractivity contribution is 0.0263. The first-order chi connectivity index (χ1) is 17.9. The van der Waals surface area contributed by atoms with Crippen LogP contribution in [0.5, 0.6) is 6.01 Å². The van der Waals surface area contributed by atoms with Crippen molar-refractivity contribution in [3.05, 3.63) is 69.7 Å². The molecule has 1 fully saturated rings. The van der Waals surface area contributed by atoms with E-state index in [2.05, 4.69) is 38.9 Å². The van der Waals surface area contributed by atoms with Crippen molar-refractivity contribution in [3.63, 3.8) is 0 Å². The summed E-state index contributed by atoms with van der Waals surface area (Å²) < 4.78 is 12.7. The molecule has 194 valence electrons. The molecule has 2 aliphatic heterocycles. The highest BCUT2D eigenvalue weighted by Gasteiger charge is 2.32. The van der Waals surface area contributed by atoms with Crippen molar-refractivity contribution in [1.29, 1.82) is 0 Å². The summed E-state index contributed by atoms with van der Waals surface area (Å²) in [6.07, 6.45) is 2.53. The Balaban J connectivity index is 1.51. The average Bonchev–Trinajstić information content (AvgIpc) is 2.87. The number of nitrogens with zero attached hydrogens (tertiary/aromatic N) is 5. The van der Waals surface area contributed by atoms with Gasteiger partial charge in [0.1, 0.15) is 11.9 Å². The molecule has 0 aliphatic carbocycles. The van der Waals surface area contributed by atoms with Crippen LogP contribution < -0.4 is 9.64 Å². The highest BCUT2D eigenvalue weighted by Crippen LogP contribution is 2.39. The molecule has 5 rings (SSSR count). The molecule has 3 atom stereocenters. The van der Waals surface area contributed by atoms with Gasteiger partial charge in [-0.1, -0.05) is 41.9 Å². The number of hydrogen-bond acceptors (Lipinski definition) is 6. The summed E-state index contributed by atoms with van der Waals surface area (Å²) in [6.45, 7) is 12.8. The van der Waals surface area contributed by atoms with E-state index in [0.717, 1.165) is 70.9 Å². The van der Waals surface area contributed by atoms with E-state index in [9.17, 15) is 0 Å². The Morgan fingerprint density at radius 3 is 2.84 bits per heavy atom. The zero-order valence-electron chi connectivity index (χ0n) is 21.8. The van der Waals surface area contributed by atoms with E-state index in [1.807, 2.05) is 33.2 Å². The minimum atomic E-state index is -0.165. The molecule has 0 radical (unpaired) electrons. The molecule has 3 heterocycles. The van der Waals surface area contributed by atoms with E-state index in [4.69, 9.17) is 37.6 Å². The first-order valence-electron chi connectivity index (χ1n) is 13.0. The third-order valence-electron chi connectivity index (χ3n) is 7.19. The molecule has 0 bridgehead atoms. The quantitative estimate of drug-likeness (QED) is 0.381. The van der Waals surface area contributed by atoms with Gasteiger partial charge < -0.3 is 24.1 Å². The van der Waals surface area contributed by atoms with Crippen LogP contribution in [0.3, 0.4) is 0 Å². The zero-order chi connectivity index (χ0) is 25.9. The van der Waals surface area contributed by atoms with Crippen LogP contribution in [0.4, 0.5) is 5.82 Å². The molecular formula is C29H34ClN5O2. The smallest absolute Gasteiger partial charge is 0.318 e. The zero-order valence-corrected chi connectivity index (χ0v) is 22.5. The summed E-state index contributed by atoms with van der Waals surface area (Å²) in [5, 5.41) is 2.86. The topological polar surface area (TPSA) is 55.1 Å². The predicted molar refractivity (Wildman–Crippen MR) is 147 cm³/mol. The van der Waals surface area contributed by atoms with Gasteiger partial charge in [-0.05, 0) is 50.9 Å². The Kier molecular flexibility index (Phi) is 7.80.